The molecule has 100 valence electrons. The molecule has 0 aliphatic carbocycles. The third-order valence-corrected chi connectivity index (χ3v) is 3.76. The Morgan fingerprint density at radius 3 is 3.00 bits per heavy atom. The van der Waals surface area contributed by atoms with E-state index in [1.807, 2.05) is 7.05 Å². The van der Waals surface area contributed by atoms with E-state index in [9.17, 15) is 0 Å². The average molecular weight is 248 g/mol. The number of hydrogen-bond donors (Lipinski definition) is 1. The molecule has 1 aliphatic heterocycles. The van der Waals surface area contributed by atoms with Crippen LogP contribution in [0.4, 0.5) is 5.82 Å². The first-order chi connectivity index (χ1) is 8.69. The molecular weight excluding hydrogens is 224 g/mol. The summed E-state index contributed by atoms with van der Waals surface area (Å²) in [4.78, 5) is 11.1. The molecule has 4 heteroatoms. The molecule has 1 N–H and O–H groups in total. The Morgan fingerprint density at radius 1 is 1.44 bits per heavy atom. The van der Waals surface area contributed by atoms with E-state index in [1.165, 1.54) is 25.9 Å². The summed E-state index contributed by atoms with van der Waals surface area (Å²) in [5.41, 5.74) is 1.16. The lowest BCUT2D eigenvalue weighted by molar-refractivity contribution is 0.139. The molecule has 1 aromatic heterocycles. The number of nitrogens with zero attached hydrogens (tertiary/aromatic N) is 3. The fraction of sp³-hybridized carbons (Fsp3) is 0.714. The summed E-state index contributed by atoms with van der Waals surface area (Å²) in [5, 5.41) is 3.07. The van der Waals surface area contributed by atoms with Crippen molar-refractivity contribution in [3.8, 4) is 0 Å². The Balaban J connectivity index is 1.95. The molecule has 0 bridgehead atoms. The highest BCUT2D eigenvalue weighted by Gasteiger charge is 2.22. The van der Waals surface area contributed by atoms with Gasteiger partial charge in [0.2, 0.25) is 0 Å². The van der Waals surface area contributed by atoms with Gasteiger partial charge in [-0.15, -0.1) is 0 Å². The topological polar surface area (TPSA) is 41.0 Å². The quantitative estimate of drug-likeness (QED) is 0.886. The minimum atomic E-state index is 0.658. The number of aromatic nitrogens is 2. The summed E-state index contributed by atoms with van der Waals surface area (Å²) < 4.78 is 0. The molecule has 0 saturated carbocycles. The fourth-order valence-corrected chi connectivity index (χ4v) is 2.67. The van der Waals surface area contributed by atoms with Crippen molar-refractivity contribution >= 4 is 5.82 Å². The van der Waals surface area contributed by atoms with Gasteiger partial charge in [-0.05, 0) is 45.6 Å². The van der Waals surface area contributed by atoms with Crippen molar-refractivity contribution < 1.29 is 0 Å². The standard InChI is InChI=1S/C14H24N4/c1-11(2)18-6-4-5-12(9-18)7-13-8-14(15-3)17-10-16-13/h8,10-12H,4-7,9H2,1-3H3,(H,15,16,17)/t12-/m0/s1. The molecule has 1 atom stereocenters. The van der Waals surface area contributed by atoms with Gasteiger partial charge >= 0.3 is 0 Å². The van der Waals surface area contributed by atoms with Gasteiger partial charge in [0, 0.05) is 31.4 Å². The number of anilines is 1. The average Bonchev–Trinajstić information content (AvgIpc) is 2.39. The summed E-state index contributed by atoms with van der Waals surface area (Å²) in [6, 6.07) is 2.72. The largest absolute Gasteiger partial charge is 0.373 e. The van der Waals surface area contributed by atoms with Gasteiger partial charge in [0.15, 0.2) is 0 Å². The molecule has 2 heterocycles. The van der Waals surface area contributed by atoms with Crippen LogP contribution in [0, 0.1) is 5.92 Å². The summed E-state index contributed by atoms with van der Waals surface area (Å²) in [7, 11) is 1.90. The zero-order chi connectivity index (χ0) is 13.0. The minimum Gasteiger partial charge on any atom is -0.373 e. The van der Waals surface area contributed by atoms with Crippen LogP contribution in [-0.2, 0) is 6.42 Å². The maximum absolute atomic E-state index is 4.38. The Hall–Kier alpha value is -1.16. The zero-order valence-corrected chi connectivity index (χ0v) is 11.7. The smallest absolute Gasteiger partial charge is 0.129 e. The fourth-order valence-electron chi connectivity index (χ4n) is 2.67. The second-order valence-electron chi connectivity index (χ2n) is 5.45. The van der Waals surface area contributed by atoms with Gasteiger partial charge in [0.25, 0.3) is 0 Å². The molecule has 1 aliphatic rings. The molecule has 0 unspecified atom stereocenters. The van der Waals surface area contributed by atoms with E-state index in [0.29, 0.717) is 6.04 Å². The van der Waals surface area contributed by atoms with Crippen molar-refractivity contribution in [1.82, 2.24) is 14.9 Å². The molecule has 4 nitrogen and oxygen atoms in total. The summed E-state index contributed by atoms with van der Waals surface area (Å²) in [5.74, 6) is 1.65. The summed E-state index contributed by atoms with van der Waals surface area (Å²) in [6.07, 6.45) is 5.36. The SMILES string of the molecule is CNc1cc(C[C@@H]2CCCN(C(C)C)C2)ncn1. The van der Waals surface area contributed by atoms with E-state index in [2.05, 4.69) is 40.1 Å². The molecule has 1 aromatic rings. The second-order valence-corrected chi connectivity index (χ2v) is 5.45. The monoisotopic (exact) mass is 248 g/mol. The number of rotatable bonds is 4. The molecule has 0 spiro atoms. The van der Waals surface area contributed by atoms with Gasteiger partial charge in [-0.1, -0.05) is 0 Å². The molecule has 2 rings (SSSR count). The molecule has 1 fully saturated rings. The number of hydrogen-bond acceptors (Lipinski definition) is 4. The van der Waals surface area contributed by atoms with Crippen LogP contribution in [0.5, 0.6) is 0 Å². The van der Waals surface area contributed by atoms with Gasteiger partial charge in [0.1, 0.15) is 12.1 Å². The predicted molar refractivity (Wildman–Crippen MR) is 74.7 cm³/mol. The van der Waals surface area contributed by atoms with E-state index < -0.39 is 0 Å². The maximum atomic E-state index is 4.38. The van der Waals surface area contributed by atoms with Crippen molar-refractivity contribution in [2.75, 3.05) is 25.5 Å². The molecular formula is C14H24N4. The Bertz CT molecular complexity index is 378. The van der Waals surface area contributed by atoms with Crippen LogP contribution in [0.2, 0.25) is 0 Å². The lowest BCUT2D eigenvalue weighted by Crippen LogP contribution is -2.40. The van der Waals surface area contributed by atoms with E-state index in [-0.39, 0.29) is 0 Å². The number of nitrogens with one attached hydrogen (secondary N) is 1. The highest BCUT2D eigenvalue weighted by Crippen LogP contribution is 2.21. The van der Waals surface area contributed by atoms with Crippen molar-refractivity contribution in [1.29, 1.82) is 0 Å². The lowest BCUT2D eigenvalue weighted by Gasteiger charge is -2.35. The van der Waals surface area contributed by atoms with Gasteiger partial charge < -0.3 is 10.2 Å². The van der Waals surface area contributed by atoms with Gasteiger partial charge in [-0.2, -0.15) is 0 Å². The highest BCUT2D eigenvalue weighted by molar-refractivity contribution is 5.33. The van der Waals surface area contributed by atoms with Crippen LogP contribution in [0.25, 0.3) is 0 Å². The zero-order valence-electron chi connectivity index (χ0n) is 11.7. The molecule has 0 aromatic carbocycles. The summed E-state index contributed by atoms with van der Waals surface area (Å²) >= 11 is 0. The van der Waals surface area contributed by atoms with E-state index in [4.69, 9.17) is 0 Å². The highest BCUT2D eigenvalue weighted by atomic mass is 15.2. The molecule has 18 heavy (non-hydrogen) atoms. The molecule has 0 radical (unpaired) electrons. The summed E-state index contributed by atoms with van der Waals surface area (Å²) in [6.45, 7) is 7.02. The Kier molecular flexibility index (Phi) is 4.53. The number of piperidine rings is 1. The maximum Gasteiger partial charge on any atom is 0.129 e. The van der Waals surface area contributed by atoms with Crippen molar-refractivity contribution in [2.24, 2.45) is 5.92 Å². The third kappa shape index (κ3) is 3.42. The predicted octanol–water partition coefficient (Wildman–Crippen LogP) is 2.18. The van der Waals surface area contributed by atoms with E-state index in [0.717, 1.165) is 23.9 Å². The van der Waals surface area contributed by atoms with Crippen LogP contribution in [0.15, 0.2) is 12.4 Å². The van der Waals surface area contributed by atoms with Crippen molar-refractivity contribution in [2.45, 2.75) is 39.2 Å². The lowest BCUT2D eigenvalue weighted by atomic mass is 9.92. The van der Waals surface area contributed by atoms with Gasteiger partial charge in [-0.25, -0.2) is 9.97 Å². The number of likely N-dealkylation sites (tertiary alicyclic amines) is 1. The van der Waals surface area contributed by atoms with Crippen LogP contribution in [0.1, 0.15) is 32.4 Å². The Morgan fingerprint density at radius 2 is 2.28 bits per heavy atom. The molecule has 1 saturated heterocycles. The second kappa shape index (κ2) is 6.14. The van der Waals surface area contributed by atoms with Crippen LogP contribution in [0.3, 0.4) is 0 Å². The third-order valence-electron chi connectivity index (χ3n) is 3.76. The normalized spacial score (nSPS) is 21.2. The first-order valence-corrected chi connectivity index (χ1v) is 6.91. The first-order valence-electron chi connectivity index (χ1n) is 6.91. The first kappa shape index (κ1) is 13.3. The van der Waals surface area contributed by atoms with Crippen LogP contribution < -0.4 is 5.32 Å². The van der Waals surface area contributed by atoms with Gasteiger partial charge in [0.05, 0.1) is 0 Å². The van der Waals surface area contributed by atoms with Crippen LogP contribution in [-0.4, -0.2) is 41.0 Å². The van der Waals surface area contributed by atoms with Crippen LogP contribution >= 0.6 is 0 Å². The van der Waals surface area contributed by atoms with E-state index >= 15 is 0 Å². The molecule has 0 amide bonds. The van der Waals surface area contributed by atoms with E-state index in [1.54, 1.807) is 6.33 Å². The van der Waals surface area contributed by atoms with Crippen molar-refractivity contribution in [3.63, 3.8) is 0 Å². The van der Waals surface area contributed by atoms with Gasteiger partial charge in [-0.3, -0.25) is 0 Å². The minimum absolute atomic E-state index is 0.658. The van der Waals surface area contributed by atoms with Crippen molar-refractivity contribution in [3.05, 3.63) is 18.1 Å². The Labute approximate surface area is 110 Å².